The molecule has 0 aliphatic heterocycles. The molecule has 2 N–H and O–H groups in total. The third kappa shape index (κ3) is 4.88. The minimum Gasteiger partial charge on any atom is -0.462 e. The summed E-state index contributed by atoms with van der Waals surface area (Å²) in [5.74, 6) is 0.0498. The molecule has 1 amide bonds. The number of ether oxygens (including phenoxy) is 1. The number of hydrogen-bond acceptors (Lipinski definition) is 6. The van der Waals surface area contributed by atoms with Crippen molar-refractivity contribution >= 4 is 29.0 Å². The third-order valence-corrected chi connectivity index (χ3v) is 5.76. The first-order chi connectivity index (χ1) is 16.3. The van der Waals surface area contributed by atoms with Gasteiger partial charge in [0.15, 0.2) is 5.76 Å². The van der Waals surface area contributed by atoms with Gasteiger partial charge in [0.2, 0.25) is 0 Å². The fourth-order valence-electron chi connectivity index (χ4n) is 4.23. The van der Waals surface area contributed by atoms with Gasteiger partial charge in [0.05, 0.1) is 29.3 Å². The lowest BCUT2D eigenvalue weighted by molar-refractivity contribution is 0.0527. The number of fused-ring (bicyclic) bond motifs is 1. The molecule has 0 radical (unpaired) electrons. The summed E-state index contributed by atoms with van der Waals surface area (Å²) < 4.78 is 11.2. The molecule has 1 aromatic heterocycles. The molecule has 0 unspecified atom stereocenters. The van der Waals surface area contributed by atoms with E-state index >= 15 is 0 Å². The van der Waals surface area contributed by atoms with Crippen LogP contribution < -0.4 is 10.7 Å². The molecule has 1 aliphatic rings. The molecule has 176 valence electrons. The van der Waals surface area contributed by atoms with Gasteiger partial charge < -0.3 is 14.5 Å². The van der Waals surface area contributed by atoms with Crippen molar-refractivity contribution in [1.82, 2.24) is 0 Å². The molecule has 0 bridgehead atoms. The number of esters is 1. The highest BCUT2D eigenvalue weighted by Gasteiger charge is 2.36. The van der Waals surface area contributed by atoms with Gasteiger partial charge in [-0.15, -0.1) is 0 Å². The first-order valence-corrected chi connectivity index (χ1v) is 11.4. The van der Waals surface area contributed by atoms with E-state index < -0.39 is 11.9 Å². The van der Waals surface area contributed by atoms with Gasteiger partial charge in [-0.3, -0.25) is 10.2 Å². The summed E-state index contributed by atoms with van der Waals surface area (Å²) in [7, 11) is 0. The monoisotopic (exact) mass is 459 g/mol. The zero-order valence-electron chi connectivity index (χ0n) is 19.9. The first kappa shape index (κ1) is 23.3. The maximum Gasteiger partial charge on any atom is 0.340 e. The maximum absolute atomic E-state index is 13.2. The Morgan fingerprint density at radius 2 is 1.76 bits per heavy atom. The Balaban J connectivity index is 1.65. The highest BCUT2D eigenvalue weighted by Crippen LogP contribution is 2.39. The van der Waals surface area contributed by atoms with Crippen molar-refractivity contribution in [2.75, 3.05) is 17.3 Å². The molecular formula is C27H29N3O4. The number of amides is 1. The number of benzene rings is 2. The number of carbonyl (C=O) groups excluding carboxylic acids is 2. The smallest absolute Gasteiger partial charge is 0.340 e. The first-order valence-electron chi connectivity index (χ1n) is 11.4. The van der Waals surface area contributed by atoms with E-state index in [1.165, 1.54) is 0 Å². The van der Waals surface area contributed by atoms with E-state index in [0.29, 0.717) is 17.7 Å². The Morgan fingerprint density at radius 1 is 1.06 bits per heavy atom. The van der Waals surface area contributed by atoms with E-state index in [1.54, 1.807) is 31.2 Å². The van der Waals surface area contributed by atoms with E-state index in [-0.39, 0.29) is 17.8 Å². The fraction of sp³-hybridized carbons (Fsp3) is 0.296. The molecule has 1 heterocycles. The molecular weight excluding hydrogens is 430 g/mol. The molecule has 0 saturated carbocycles. The van der Waals surface area contributed by atoms with Crippen LogP contribution in [0.15, 0.2) is 64.1 Å². The van der Waals surface area contributed by atoms with Crippen LogP contribution in [0.3, 0.4) is 0 Å². The molecule has 0 atom stereocenters. The van der Waals surface area contributed by atoms with Crippen LogP contribution in [-0.2, 0) is 11.2 Å². The zero-order chi connectivity index (χ0) is 24.3. The molecule has 3 aromatic rings. The summed E-state index contributed by atoms with van der Waals surface area (Å²) in [6.07, 6.45) is 1.44. The average Bonchev–Trinajstić information content (AvgIpc) is 3.13. The van der Waals surface area contributed by atoms with Gasteiger partial charge in [-0.25, -0.2) is 4.79 Å². The average molecular weight is 460 g/mol. The number of hydrogen-bond donors (Lipinski definition) is 2. The maximum atomic E-state index is 13.2. The Kier molecular flexibility index (Phi) is 6.54. The summed E-state index contributed by atoms with van der Waals surface area (Å²) in [6, 6.07) is 16.5. The van der Waals surface area contributed by atoms with E-state index in [2.05, 4.69) is 29.7 Å². The number of rotatable bonds is 6. The second kappa shape index (κ2) is 9.55. The fourth-order valence-corrected chi connectivity index (χ4v) is 4.23. The molecule has 7 heteroatoms. The lowest BCUT2D eigenvalue weighted by atomic mass is 9.75. The Morgan fingerprint density at radius 3 is 2.50 bits per heavy atom. The number of furan rings is 1. The normalized spacial score (nSPS) is 15.5. The predicted octanol–water partition coefficient (Wildman–Crippen LogP) is 5.81. The van der Waals surface area contributed by atoms with Crippen LogP contribution in [0, 0.1) is 12.3 Å². The Bertz CT molecular complexity index is 1240. The number of hydrazone groups is 1. The van der Waals surface area contributed by atoms with Gasteiger partial charge in [0.1, 0.15) is 5.76 Å². The highest BCUT2D eigenvalue weighted by atomic mass is 16.5. The van der Waals surface area contributed by atoms with Crippen LogP contribution in [0.5, 0.6) is 0 Å². The minimum atomic E-state index is -0.489. The Labute approximate surface area is 199 Å². The number of anilines is 2. The van der Waals surface area contributed by atoms with Crippen LogP contribution in [0.4, 0.5) is 11.4 Å². The van der Waals surface area contributed by atoms with Gasteiger partial charge in [0.25, 0.3) is 5.91 Å². The van der Waals surface area contributed by atoms with Crippen molar-refractivity contribution in [3.8, 4) is 0 Å². The number of carbonyl (C=O) groups is 2. The van der Waals surface area contributed by atoms with Crippen LogP contribution >= 0.6 is 0 Å². The number of nitrogens with zero attached hydrogens (tertiary/aromatic N) is 1. The van der Waals surface area contributed by atoms with Crippen LogP contribution in [-0.4, -0.2) is 24.2 Å². The van der Waals surface area contributed by atoms with Crippen molar-refractivity contribution in [3.05, 3.63) is 82.8 Å². The molecule has 0 saturated heterocycles. The van der Waals surface area contributed by atoms with E-state index in [0.717, 1.165) is 34.7 Å². The third-order valence-electron chi connectivity index (χ3n) is 5.76. The van der Waals surface area contributed by atoms with Crippen LogP contribution in [0.1, 0.15) is 65.0 Å². The van der Waals surface area contributed by atoms with Gasteiger partial charge in [-0.05, 0) is 49.9 Å². The zero-order valence-corrected chi connectivity index (χ0v) is 19.9. The summed E-state index contributed by atoms with van der Waals surface area (Å²) in [4.78, 5) is 25.5. The molecule has 1 aliphatic carbocycles. The SMILES string of the molecule is CCOC(=O)c1ccccc1NC(=O)c1oc2c(c1C)/C(=N\Nc1ccccc1)CC(C)(C)C2. The van der Waals surface area contributed by atoms with Crippen molar-refractivity contribution in [3.63, 3.8) is 0 Å². The molecule has 34 heavy (non-hydrogen) atoms. The molecule has 4 rings (SSSR count). The summed E-state index contributed by atoms with van der Waals surface area (Å²) >= 11 is 0. The quantitative estimate of drug-likeness (QED) is 0.359. The Hall–Kier alpha value is -3.87. The van der Waals surface area contributed by atoms with Gasteiger partial charge in [0, 0.05) is 17.5 Å². The summed E-state index contributed by atoms with van der Waals surface area (Å²) in [6.45, 7) is 8.16. The van der Waals surface area contributed by atoms with Crippen LogP contribution in [0.2, 0.25) is 0 Å². The van der Waals surface area contributed by atoms with E-state index in [9.17, 15) is 9.59 Å². The minimum absolute atomic E-state index is 0.0707. The van der Waals surface area contributed by atoms with Gasteiger partial charge >= 0.3 is 5.97 Å². The van der Waals surface area contributed by atoms with Crippen molar-refractivity contribution < 1.29 is 18.7 Å². The second-order valence-corrected chi connectivity index (χ2v) is 9.13. The van der Waals surface area contributed by atoms with Gasteiger partial charge in [-0.2, -0.15) is 5.10 Å². The summed E-state index contributed by atoms with van der Waals surface area (Å²) in [5.41, 5.74) is 7.05. The van der Waals surface area contributed by atoms with Crippen molar-refractivity contribution in [2.24, 2.45) is 10.5 Å². The highest BCUT2D eigenvalue weighted by molar-refractivity contribution is 6.11. The molecule has 2 aromatic carbocycles. The molecule has 7 nitrogen and oxygen atoms in total. The predicted molar refractivity (Wildman–Crippen MR) is 133 cm³/mol. The number of nitrogens with one attached hydrogen (secondary N) is 2. The standard InChI is InChI=1S/C27H29N3O4/c1-5-33-26(32)19-13-9-10-14-20(19)28-25(31)24-17(2)23-21(15-27(3,4)16-22(23)34-24)30-29-18-11-7-6-8-12-18/h6-14,29H,5,15-16H2,1-4H3,(H,28,31)/b30-21-. The van der Waals surface area contributed by atoms with E-state index in [4.69, 9.17) is 9.15 Å². The van der Waals surface area contributed by atoms with Crippen molar-refractivity contribution in [1.29, 1.82) is 0 Å². The largest absolute Gasteiger partial charge is 0.462 e. The number of para-hydroxylation sites is 2. The molecule has 0 fully saturated rings. The van der Waals surface area contributed by atoms with Crippen molar-refractivity contribution in [2.45, 2.75) is 40.5 Å². The second-order valence-electron chi connectivity index (χ2n) is 9.13. The lowest BCUT2D eigenvalue weighted by Crippen LogP contribution is -2.27. The van der Waals surface area contributed by atoms with Crippen LogP contribution in [0.25, 0.3) is 0 Å². The topological polar surface area (TPSA) is 92.9 Å². The van der Waals surface area contributed by atoms with Gasteiger partial charge in [-0.1, -0.05) is 44.2 Å². The lowest BCUT2D eigenvalue weighted by Gasteiger charge is -2.29. The molecule has 0 spiro atoms. The summed E-state index contributed by atoms with van der Waals surface area (Å²) in [5, 5.41) is 7.50. The van der Waals surface area contributed by atoms with E-state index in [1.807, 2.05) is 37.3 Å².